The summed E-state index contributed by atoms with van der Waals surface area (Å²) in [6.07, 6.45) is 3.73. The van der Waals surface area contributed by atoms with Gasteiger partial charge >= 0.3 is 20.1 Å². The van der Waals surface area contributed by atoms with Gasteiger partial charge < -0.3 is 0 Å². The second-order valence-corrected chi connectivity index (χ2v) is 7.49. The van der Waals surface area contributed by atoms with Crippen molar-refractivity contribution in [2.75, 3.05) is 0 Å². The maximum absolute atomic E-state index is 4.48. The topological polar surface area (TPSA) is 25.8 Å². The van der Waals surface area contributed by atoms with Crippen molar-refractivity contribution in [3.63, 3.8) is 0 Å². The van der Waals surface area contributed by atoms with Gasteiger partial charge in [0.15, 0.2) is 0 Å². The molecule has 0 fully saturated rings. The van der Waals surface area contributed by atoms with Crippen molar-refractivity contribution in [3.05, 3.63) is 134 Å². The maximum atomic E-state index is 4.48. The Kier molecular flexibility index (Phi) is 7.36. The quantitative estimate of drug-likeness (QED) is 0.202. The molecule has 2 nitrogen and oxygen atoms in total. The van der Waals surface area contributed by atoms with E-state index in [4.69, 9.17) is 0 Å². The molecule has 0 saturated heterocycles. The van der Waals surface area contributed by atoms with Gasteiger partial charge in [-0.15, -0.1) is 0 Å². The summed E-state index contributed by atoms with van der Waals surface area (Å²) in [6.45, 7) is 0. The van der Waals surface area contributed by atoms with Crippen molar-refractivity contribution in [2.24, 2.45) is 0 Å². The van der Waals surface area contributed by atoms with Gasteiger partial charge in [0.2, 0.25) is 0 Å². The largest absolute Gasteiger partial charge is 2.00 e. The van der Waals surface area contributed by atoms with Crippen molar-refractivity contribution in [1.82, 2.24) is 9.97 Å². The van der Waals surface area contributed by atoms with E-state index in [1.165, 1.54) is 32.7 Å². The zero-order valence-electron chi connectivity index (χ0n) is 17.9. The zero-order valence-corrected chi connectivity index (χ0v) is 20.3. The molecule has 0 spiro atoms. The predicted molar refractivity (Wildman–Crippen MR) is 134 cm³/mol. The Morgan fingerprint density at radius 2 is 0.727 bits per heavy atom. The third-order valence-electron chi connectivity index (χ3n) is 5.44. The Morgan fingerprint density at radius 1 is 0.364 bits per heavy atom. The van der Waals surface area contributed by atoms with Gasteiger partial charge in [-0.2, -0.15) is 0 Å². The van der Waals surface area contributed by atoms with Gasteiger partial charge in [0.25, 0.3) is 0 Å². The van der Waals surface area contributed by atoms with Crippen molar-refractivity contribution >= 4 is 21.5 Å². The van der Waals surface area contributed by atoms with Crippen LogP contribution in [0.25, 0.3) is 44.1 Å². The monoisotopic (exact) mass is 603 g/mol. The third kappa shape index (κ3) is 5.06. The molecule has 0 saturated carbocycles. The second kappa shape index (κ2) is 10.8. The Morgan fingerprint density at radius 3 is 1.15 bits per heavy atom. The second-order valence-electron chi connectivity index (χ2n) is 7.49. The van der Waals surface area contributed by atoms with Crippen LogP contribution >= 0.6 is 0 Å². The molecule has 3 heteroatoms. The summed E-state index contributed by atoms with van der Waals surface area (Å²) in [7, 11) is 0. The van der Waals surface area contributed by atoms with Gasteiger partial charge in [-0.05, 0) is 22.9 Å². The van der Waals surface area contributed by atoms with E-state index in [0.29, 0.717) is 0 Å². The molecule has 0 amide bonds. The number of benzene rings is 4. The minimum atomic E-state index is 0. The number of pyridine rings is 2. The minimum absolute atomic E-state index is 0. The van der Waals surface area contributed by atoms with E-state index in [1.54, 1.807) is 0 Å². The first-order valence-corrected chi connectivity index (χ1v) is 10.7. The molecule has 0 bridgehead atoms. The molecule has 33 heavy (non-hydrogen) atoms. The van der Waals surface area contributed by atoms with Crippen LogP contribution in [-0.2, 0) is 20.1 Å². The standard InChI is InChI=1S/2C15H11N.Ir/c2*1-2-7-13(8-3-1)15-14-9-5-4-6-12(14)10-11-16-15;/h2*1-11H;/q;;+2. The fourth-order valence-corrected chi connectivity index (χ4v) is 3.89. The fourth-order valence-electron chi connectivity index (χ4n) is 3.89. The summed E-state index contributed by atoms with van der Waals surface area (Å²) < 4.78 is 0. The molecule has 159 valence electrons. The van der Waals surface area contributed by atoms with Crippen LogP contribution in [0.3, 0.4) is 0 Å². The molecular formula is C30H22IrN2+2. The van der Waals surface area contributed by atoms with Gasteiger partial charge in [-0.1, -0.05) is 109 Å². The van der Waals surface area contributed by atoms with Crippen molar-refractivity contribution in [3.8, 4) is 22.5 Å². The molecule has 0 unspecified atom stereocenters. The molecule has 4 aromatic carbocycles. The molecule has 0 aliphatic carbocycles. The molecule has 2 aromatic heterocycles. The van der Waals surface area contributed by atoms with E-state index in [2.05, 4.69) is 82.8 Å². The summed E-state index contributed by atoms with van der Waals surface area (Å²) in [5.41, 5.74) is 4.44. The molecule has 0 aliphatic heterocycles. The van der Waals surface area contributed by atoms with Crippen molar-refractivity contribution in [2.45, 2.75) is 0 Å². The molecule has 0 N–H and O–H groups in total. The van der Waals surface area contributed by atoms with Crippen LogP contribution in [0.5, 0.6) is 0 Å². The summed E-state index contributed by atoms with van der Waals surface area (Å²) in [6, 6.07) is 41.3. The zero-order chi connectivity index (χ0) is 21.6. The number of rotatable bonds is 2. The molecule has 6 aromatic rings. The van der Waals surface area contributed by atoms with Gasteiger partial charge in [0, 0.05) is 34.3 Å². The smallest absolute Gasteiger partial charge is 0.256 e. The van der Waals surface area contributed by atoms with E-state index in [1.807, 2.05) is 60.9 Å². The van der Waals surface area contributed by atoms with Crippen molar-refractivity contribution < 1.29 is 20.1 Å². The number of hydrogen-bond acceptors (Lipinski definition) is 2. The Labute approximate surface area is 207 Å². The Balaban J connectivity index is 0.000000152. The SMILES string of the molecule is [Ir+2].c1ccc(-c2nccc3ccccc23)cc1.c1ccc(-c2nccc3ccccc23)cc1. The van der Waals surface area contributed by atoms with Crippen LogP contribution < -0.4 is 0 Å². The molecule has 2 heterocycles. The van der Waals surface area contributed by atoms with Gasteiger partial charge in [0.1, 0.15) is 0 Å². The number of fused-ring (bicyclic) bond motifs is 2. The maximum Gasteiger partial charge on any atom is 2.00 e. The van der Waals surface area contributed by atoms with Crippen LogP contribution in [0.2, 0.25) is 0 Å². The normalized spacial score (nSPS) is 10.2. The van der Waals surface area contributed by atoms with E-state index in [9.17, 15) is 0 Å². The number of nitrogens with zero attached hydrogens (tertiary/aromatic N) is 2. The van der Waals surface area contributed by atoms with Gasteiger partial charge in [0.05, 0.1) is 11.4 Å². The van der Waals surface area contributed by atoms with Crippen LogP contribution in [0.1, 0.15) is 0 Å². The first kappa shape index (κ1) is 22.5. The van der Waals surface area contributed by atoms with Gasteiger partial charge in [-0.3, -0.25) is 9.97 Å². The third-order valence-corrected chi connectivity index (χ3v) is 5.44. The molecule has 0 atom stereocenters. The molecule has 1 radical (unpaired) electrons. The Bertz CT molecular complexity index is 1340. The van der Waals surface area contributed by atoms with E-state index in [0.717, 1.165) is 11.4 Å². The average molecular weight is 603 g/mol. The summed E-state index contributed by atoms with van der Waals surface area (Å²) in [5, 5.41) is 4.88. The van der Waals surface area contributed by atoms with E-state index < -0.39 is 0 Å². The molecular weight excluding hydrogens is 581 g/mol. The van der Waals surface area contributed by atoms with Crippen LogP contribution in [0.15, 0.2) is 134 Å². The summed E-state index contributed by atoms with van der Waals surface area (Å²) in [4.78, 5) is 8.95. The minimum Gasteiger partial charge on any atom is -0.256 e. The van der Waals surface area contributed by atoms with E-state index in [-0.39, 0.29) is 20.1 Å². The first-order chi connectivity index (χ1) is 15.9. The molecule has 6 rings (SSSR count). The van der Waals surface area contributed by atoms with Gasteiger partial charge in [-0.25, -0.2) is 0 Å². The summed E-state index contributed by atoms with van der Waals surface area (Å²) in [5.74, 6) is 0. The number of aromatic nitrogens is 2. The average Bonchev–Trinajstić information content (AvgIpc) is 2.89. The van der Waals surface area contributed by atoms with Crippen LogP contribution in [0.4, 0.5) is 0 Å². The first-order valence-electron chi connectivity index (χ1n) is 10.7. The molecule has 0 aliphatic rings. The fraction of sp³-hybridized carbons (Fsp3) is 0. The van der Waals surface area contributed by atoms with E-state index >= 15 is 0 Å². The number of hydrogen-bond donors (Lipinski definition) is 0. The summed E-state index contributed by atoms with van der Waals surface area (Å²) >= 11 is 0. The predicted octanol–water partition coefficient (Wildman–Crippen LogP) is 7.80. The Hall–Kier alpha value is -3.65. The van der Waals surface area contributed by atoms with Crippen LogP contribution in [-0.4, -0.2) is 9.97 Å². The van der Waals surface area contributed by atoms with Crippen molar-refractivity contribution in [1.29, 1.82) is 0 Å². The van der Waals surface area contributed by atoms with Crippen LogP contribution in [0, 0.1) is 0 Å².